The zero-order valence-electron chi connectivity index (χ0n) is 19.0. The monoisotopic (exact) mass is 417 g/mol. The largest absolute Gasteiger partial charge is 0.326 e. The fraction of sp³-hybridized carbons (Fsp3) is 0.423. The van der Waals surface area contributed by atoms with Crippen LogP contribution >= 0.6 is 0 Å². The van der Waals surface area contributed by atoms with Crippen molar-refractivity contribution in [2.45, 2.75) is 70.9 Å². The summed E-state index contributed by atoms with van der Waals surface area (Å²) >= 11 is 0. The summed E-state index contributed by atoms with van der Waals surface area (Å²) in [5.74, 6) is 0. The van der Waals surface area contributed by atoms with Gasteiger partial charge in [0.15, 0.2) is 0 Å². The Bertz CT molecular complexity index is 884. The lowest BCUT2D eigenvalue weighted by molar-refractivity contribution is 0.327. The Balaban J connectivity index is 1.84. The molecule has 3 aromatic rings. The number of hydrogen-bond acceptors (Lipinski definition) is 5. The van der Waals surface area contributed by atoms with Crippen molar-refractivity contribution in [1.29, 1.82) is 0 Å². The van der Waals surface area contributed by atoms with E-state index in [9.17, 15) is 0 Å². The van der Waals surface area contributed by atoms with E-state index in [1.807, 2.05) is 18.6 Å². The molecule has 0 bridgehead atoms. The van der Waals surface area contributed by atoms with E-state index in [4.69, 9.17) is 11.5 Å². The van der Waals surface area contributed by atoms with E-state index < -0.39 is 5.54 Å². The number of nitrogens with zero attached hydrogens (tertiary/aromatic N) is 3. The van der Waals surface area contributed by atoms with Gasteiger partial charge in [-0.15, -0.1) is 0 Å². The van der Waals surface area contributed by atoms with Crippen LogP contribution in [0.1, 0.15) is 54.5 Å². The number of pyridine rings is 3. The SMILES string of the molecule is CCc1ccc(CC(N)C(N)(Cc2ccc(CC)cn2)Cc2ccc(CC)cn2)nc1. The standard InChI is InChI=1S/C26H35N5/c1-4-19-7-10-22(29-16-19)13-25(27)26(28,14-23-11-8-20(5-2)17-30-23)15-24-12-9-21(6-3)18-31-24/h7-12,16-18,25H,4-6,13-15,27-28H2,1-3H3. The Morgan fingerprint density at radius 3 is 1.39 bits per heavy atom. The minimum atomic E-state index is -0.688. The van der Waals surface area contributed by atoms with Gasteiger partial charge < -0.3 is 11.5 Å². The number of hydrogen-bond donors (Lipinski definition) is 2. The van der Waals surface area contributed by atoms with E-state index in [2.05, 4.69) is 72.1 Å². The first kappa shape index (κ1) is 23.0. The lowest BCUT2D eigenvalue weighted by Crippen LogP contribution is -2.59. The molecule has 5 heteroatoms. The normalized spacial score (nSPS) is 12.7. The molecule has 0 aromatic carbocycles. The summed E-state index contributed by atoms with van der Waals surface area (Å²) in [5.41, 5.74) is 19.6. The summed E-state index contributed by atoms with van der Waals surface area (Å²) in [6, 6.07) is 12.3. The quantitative estimate of drug-likeness (QED) is 0.526. The van der Waals surface area contributed by atoms with Crippen molar-refractivity contribution in [1.82, 2.24) is 15.0 Å². The molecule has 31 heavy (non-hydrogen) atoms. The molecule has 3 aromatic heterocycles. The minimum absolute atomic E-state index is 0.284. The third-order valence-electron chi connectivity index (χ3n) is 6.07. The van der Waals surface area contributed by atoms with Crippen molar-refractivity contribution in [3.63, 3.8) is 0 Å². The second-order valence-corrected chi connectivity index (χ2v) is 8.43. The highest BCUT2D eigenvalue weighted by molar-refractivity contribution is 5.22. The van der Waals surface area contributed by atoms with Crippen LogP contribution in [0.25, 0.3) is 0 Å². The van der Waals surface area contributed by atoms with Crippen molar-refractivity contribution in [3.05, 3.63) is 88.8 Å². The molecule has 0 aliphatic heterocycles. The van der Waals surface area contributed by atoms with Gasteiger partial charge in [0.1, 0.15) is 0 Å². The van der Waals surface area contributed by atoms with E-state index in [1.54, 1.807) is 0 Å². The molecule has 164 valence electrons. The first-order valence-electron chi connectivity index (χ1n) is 11.3. The lowest BCUT2D eigenvalue weighted by atomic mass is 9.80. The first-order valence-corrected chi connectivity index (χ1v) is 11.3. The topological polar surface area (TPSA) is 90.7 Å². The predicted octanol–water partition coefficient (Wildman–Crippen LogP) is 3.61. The molecule has 5 nitrogen and oxygen atoms in total. The Morgan fingerprint density at radius 1 is 0.677 bits per heavy atom. The van der Waals surface area contributed by atoms with E-state index in [-0.39, 0.29) is 6.04 Å². The molecule has 4 N–H and O–H groups in total. The molecule has 0 saturated heterocycles. The van der Waals surface area contributed by atoms with Gasteiger partial charge in [-0.05, 0) is 54.2 Å². The fourth-order valence-electron chi connectivity index (χ4n) is 3.75. The summed E-state index contributed by atoms with van der Waals surface area (Å²) in [4.78, 5) is 13.9. The molecule has 0 aliphatic rings. The zero-order chi connectivity index (χ0) is 22.3. The maximum absolute atomic E-state index is 7.02. The maximum Gasteiger partial charge on any atom is 0.0423 e. The van der Waals surface area contributed by atoms with Crippen molar-refractivity contribution < 1.29 is 0 Å². The molecule has 0 radical (unpaired) electrons. The molecule has 0 aliphatic carbocycles. The van der Waals surface area contributed by atoms with Gasteiger partial charge in [-0.2, -0.15) is 0 Å². The van der Waals surface area contributed by atoms with Crippen LogP contribution in [0.2, 0.25) is 0 Å². The molecule has 0 spiro atoms. The Hall–Kier alpha value is -2.63. The number of nitrogens with two attached hydrogens (primary N) is 2. The van der Waals surface area contributed by atoms with Crippen LogP contribution in [-0.4, -0.2) is 26.5 Å². The minimum Gasteiger partial charge on any atom is -0.326 e. The zero-order valence-corrected chi connectivity index (χ0v) is 19.0. The Kier molecular flexibility index (Phi) is 7.88. The average molecular weight is 418 g/mol. The molecule has 0 saturated carbocycles. The average Bonchev–Trinajstić information content (AvgIpc) is 2.80. The van der Waals surface area contributed by atoms with Gasteiger partial charge in [0.05, 0.1) is 0 Å². The van der Waals surface area contributed by atoms with Crippen LogP contribution in [0.3, 0.4) is 0 Å². The van der Waals surface area contributed by atoms with Gasteiger partial charge in [-0.1, -0.05) is 39.0 Å². The van der Waals surface area contributed by atoms with Gasteiger partial charge >= 0.3 is 0 Å². The summed E-state index contributed by atoms with van der Waals surface area (Å²) in [6.45, 7) is 6.38. The van der Waals surface area contributed by atoms with Gasteiger partial charge in [0, 0.05) is 66.5 Å². The van der Waals surface area contributed by atoms with Crippen LogP contribution in [0.4, 0.5) is 0 Å². The second kappa shape index (κ2) is 10.6. The maximum atomic E-state index is 7.02. The van der Waals surface area contributed by atoms with Crippen LogP contribution in [-0.2, 0) is 38.5 Å². The second-order valence-electron chi connectivity index (χ2n) is 8.43. The molecule has 1 atom stereocenters. The van der Waals surface area contributed by atoms with E-state index in [0.717, 1.165) is 36.3 Å². The molecule has 3 heterocycles. The number of rotatable bonds is 10. The summed E-state index contributed by atoms with van der Waals surface area (Å²) in [5, 5.41) is 0. The first-order chi connectivity index (χ1) is 15.0. The molecule has 0 fully saturated rings. The highest BCUT2D eigenvalue weighted by atomic mass is 14.9. The van der Waals surface area contributed by atoms with Crippen LogP contribution in [0.15, 0.2) is 55.0 Å². The molecular weight excluding hydrogens is 382 g/mol. The third-order valence-corrected chi connectivity index (χ3v) is 6.07. The summed E-state index contributed by atoms with van der Waals surface area (Å²) < 4.78 is 0. The van der Waals surface area contributed by atoms with Crippen LogP contribution < -0.4 is 11.5 Å². The van der Waals surface area contributed by atoms with Crippen molar-refractivity contribution in [2.24, 2.45) is 11.5 Å². The highest BCUT2D eigenvalue weighted by Crippen LogP contribution is 2.21. The van der Waals surface area contributed by atoms with Crippen molar-refractivity contribution >= 4 is 0 Å². The molecule has 0 amide bonds. The van der Waals surface area contributed by atoms with Gasteiger partial charge in [0.25, 0.3) is 0 Å². The third kappa shape index (κ3) is 6.18. The van der Waals surface area contributed by atoms with E-state index in [0.29, 0.717) is 19.3 Å². The Morgan fingerprint density at radius 2 is 1.06 bits per heavy atom. The van der Waals surface area contributed by atoms with Gasteiger partial charge in [-0.3, -0.25) is 15.0 Å². The number of aryl methyl sites for hydroxylation is 3. The Labute approximate surface area is 186 Å². The summed E-state index contributed by atoms with van der Waals surface area (Å²) in [7, 11) is 0. The smallest absolute Gasteiger partial charge is 0.0423 e. The van der Waals surface area contributed by atoms with Gasteiger partial charge in [-0.25, -0.2) is 0 Å². The van der Waals surface area contributed by atoms with E-state index in [1.165, 1.54) is 16.7 Å². The van der Waals surface area contributed by atoms with Crippen molar-refractivity contribution in [2.75, 3.05) is 0 Å². The molecule has 3 rings (SSSR count). The summed E-state index contributed by atoms with van der Waals surface area (Å²) in [6.07, 6.45) is 10.5. The number of aromatic nitrogens is 3. The van der Waals surface area contributed by atoms with Crippen molar-refractivity contribution in [3.8, 4) is 0 Å². The highest BCUT2D eigenvalue weighted by Gasteiger charge is 2.34. The van der Waals surface area contributed by atoms with E-state index >= 15 is 0 Å². The lowest BCUT2D eigenvalue weighted by Gasteiger charge is -2.35. The van der Waals surface area contributed by atoms with Crippen LogP contribution in [0, 0.1) is 0 Å². The van der Waals surface area contributed by atoms with Crippen LogP contribution in [0.5, 0.6) is 0 Å². The van der Waals surface area contributed by atoms with Gasteiger partial charge in [0.2, 0.25) is 0 Å². The fourth-order valence-corrected chi connectivity index (χ4v) is 3.75. The molecule has 1 unspecified atom stereocenters. The predicted molar refractivity (Wildman–Crippen MR) is 127 cm³/mol. The molecular formula is C26H35N5.